The molecule has 0 atom stereocenters. The Hall–Kier alpha value is -5.40. The molecule has 0 aliphatic heterocycles. The smallest absolute Gasteiger partial charge is 0.143 e. The van der Waals surface area contributed by atoms with Gasteiger partial charge in [-0.3, -0.25) is 0 Å². The Kier molecular flexibility index (Phi) is 6.20. The van der Waals surface area contributed by atoms with Gasteiger partial charge in [-0.2, -0.15) is 0 Å². The van der Waals surface area contributed by atoms with E-state index in [-0.39, 0.29) is 0 Å². The van der Waals surface area contributed by atoms with Gasteiger partial charge in [0.25, 0.3) is 0 Å². The molecule has 1 aromatic heterocycles. The first-order valence-electron chi connectivity index (χ1n) is 15.3. The zero-order chi connectivity index (χ0) is 29.8. The number of furan rings is 1. The van der Waals surface area contributed by atoms with E-state index in [0.29, 0.717) is 0 Å². The molecular formula is C43H32O. The van der Waals surface area contributed by atoms with Gasteiger partial charge in [-0.05, 0) is 82.3 Å². The van der Waals surface area contributed by atoms with Crippen LogP contribution in [0.3, 0.4) is 0 Å². The fraction of sp³-hybridized carbons (Fsp3) is 0.0698. The molecule has 1 nitrogen and oxygen atoms in total. The van der Waals surface area contributed by atoms with E-state index in [1.165, 1.54) is 54.9 Å². The van der Waals surface area contributed by atoms with E-state index >= 15 is 0 Å². The summed E-state index contributed by atoms with van der Waals surface area (Å²) in [6.07, 6.45) is 0. The molecule has 0 radical (unpaired) electrons. The third kappa shape index (κ3) is 4.32. The summed E-state index contributed by atoms with van der Waals surface area (Å²) in [7, 11) is 0. The molecule has 0 aliphatic rings. The average molecular weight is 565 g/mol. The quantitative estimate of drug-likeness (QED) is 0.194. The zero-order valence-electron chi connectivity index (χ0n) is 25.2. The molecule has 44 heavy (non-hydrogen) atoms. The third-order valence-electron chi connectivity index (χ3n) is 8.90. The van der Waals surface area contributed by atoms with Crippen molar-refractivity contribution in [2.24, 2.45) is 0 Å². The average Bonchev–Trinajstić information content (AvgIpc) is 3.43. The minimum absolute atomic E-state index is 0.893. The standard InChI is InChI=1S/C43H32O/c1-27-12-18-30(19-13-27)40-34-8-4-6-10-36(34)41(37-11-7-5-9-35(37)40)33-24-25-38-39(26-33)44-43(32-22-16-29(3)17-23-32)42(38)31-20-14-28(2)15-21-31/h4-26H,1-3H3. The van der Waals surface area contributed by atoms with Gasteiger partial charge in [-0.1, -0.05) is 144 Å². The van der Waals surface area contributed by atoms with Crippen molar-refractivity contribution >= 4 is 32.5 Å². The van der Waals surface area contributed by atoms with Crippen molar-refractivity contribution < 1.29 is 4.42 Å². The van der Waals surface area contributed by atoms with E-state index in [4.69, 9.17) is 4.42 Å². The lowest BCUT2D eigenvalue weighted by molar-refractivity contribution is 0.632. The largest absolute Gasteiger partial charge is 0.455 e. The molecule has 1 heterocycles. The SMILES string of the molecule is Cc1ccc(-c2oc3cc(-c4c5ccccc5c(-c5ccc(C)cc5)c5ccccc45)ccc3c2-c2ccc(C)cc2)cc1. The van der Waals surface area contributed by atoms with Crippen LogP contribution in [0.2, 0.25) is 0 Å². The van der Waals surface area contributed by atoms with Gasteiger partial charge in [0, 0.05) is 16.5 Å². The second-order valence-corrected chi connectivity index (χ2v) is 12.0. The Morgan fingerprint density at radius 2 is 0.727 bits per heavy atom. The molecule has 0 saturated carbocycles. The first-order valence-corrected chi connectivity index (χ1v) is 15.3. The number of fused-ring (bicyclic) bond motifs is 3. The van der Waals surface area contributed by atoms with Gasteiger partial charge < -0.3 is 4.42 Å². The second kappa shape index (κ2) is 10.4. The van der Waals surface area contributed by atoms with Gasteiger partial charge in [0.15, 0.2) is 0 Å². The highest BCUT2D eigenvalue weighted by molar-refractivity contribution is 6.21. The van der Waals surface area contributed by atoms with Crippen LogP contribution in [0.25, 0.3) is 77.2 Å². The summed E-state index contributed by atoms with van der Waals surface area (Å²) in [5.41, 5.74) is 12.9. The number of benzene rings is 7. The molecule has 0 aliphatic carbocycles. The molecule has 8 rings (SSSR count). The summed E-state index contributed by atoms with van der Waals surface area (Å²) in [6, 6.07) is 50.7. The van der Waals surface area contributed by atoms with E-state index in [2.05, 4.69) is 160 Å². The first-order chi connectivity index (χ1) is 21.5. The van der Waals surface area contributed by atoms with Gasteiger partial charge in [0.2, 0.25) is 0 Å². The molecule has 8 aromatic rings. The van der Waals surface area contributed by atoms with E-state index in [0.717, 1.165) is 39.0 Å². The highest BCUT2D eigenvalue weighted by atomic mass is 16.3. The maximum atomic E-state index is 6.80. The van der Waals surface area contributed by atoms with Crippen LogP contribution in [0.15, 0.2) is 144 Å². The summed E-state index contributed by atoms with van der Waals surface area (Å²) in [4.78, 5) is 0. The molecule has 1 heteroatoms. The topological polar surface area (TPSA) is 13.1 Å². The fourth-order valence-electron chi connectivity index (χ4n) is 6.64. The van der Waals surface area contributed by atoms with Crippen LogP contribution < -0.4 is 0 Å². The van der Waals surface area contributed by atoms with Crippen molar-refractivity contribution in [1.82, 2.24) is 0 Å². The van der Waals surface area contributed by atoms with Crippen molar-refractivity contribution in [3.8, 4) is 44.7 Å². The Morgan fingerprint density at radius 3 is 1.20 bits per heavy atom. The molecular weight excluding hydrogens is 532 g/mol. The van der Waals surface area contributed by atoms with Crippen molar-refractivity contribution in [3.63, 3.8) is 0 Å². The minimum atomic E-state index is 0.893. The lowest BCUT2D eigenvalue weighted by Crippen LogP contribution is -1.90. The highest BCUT2D eigenvalue weighted by Gasteiger charge is 2.21. The summed E-state index contributed by atoms with van der Waals surface area (Å²) >= 11 is 0. The molecule has 0 amide bonds. The van der Waals surface area contributed by atoms with Crippen LogP contribution >= 0.6 is 0 Å². The van der Waals surface area contributed by atoms with Crippen LogP contribution in [-0.4, -0.2) is 0 Å². The normalized spacial score (nSPS) is 11.5. The van der Waals surface area contributed by atoms with Crippen molar-refractivity contribution in [1.29, 1.82) is 0 Å². The minimum Gasteiger partial charge on any atom is -0.455 e. The van der Waals surface area contributed by atoms with Gasteiger partial charge in [0.1, 0.15) is 11.3 Å². The number of hydrogen-bond donors (Lipinski definition) is 0. The van der Waals surface area contributed by atoms with Gasteiger partial charge in [-0.25, -0.2) is 0 Å². The predicted octanol–water partition coefficient (Wildman–Crippen LogP) is 12.3. The molecule has 210 valence electrons. The van der Waals surface area contributed by atoms with Crippen LogP contribution in [-0.2, 0) is 0 Å². The van der Waals surface area contributed by atoms with E-state index in [9.17, 15) is 0 Å². The maximum absolute atomic E-state index is 6.80. The fourth-order valence-corrected chi connectivity index (χ4v) is 6.64. The van der Waals surface area contributed by atoms with Crippen molar-refractivity contribution in [2.45, 2.75) is 20.8 Å². The first kappa shape index (κ1) is 26.2. The molecule has 7 aromatic carbocycles. The Balaban J connectivity index is 1.41. The van der Waals surface area contributed by atoms with E-state index in [1.54, 1.807) is 0 Å². The van der Waals surface area contributed by atoms with Gasteiger partial charge >= 0.3 is 0 Å². The van der Waals surface area contributed by atoms with Crippen LogP contribution in [0.1, 0.15) is 16.7 Å². The number of aryl methyl sites for hydroxylation is 3. The van der Waals surface area contributed by atoms with Gasteiger partial charge in [-0.15, -0.1) is 0 Å². The summed E-state index contributed by atoms with van der Waals surface area (Å²) in [5, 5.41) is 6.11. The number of hydrogen-bond acceptors (Lipinski definition) is 1. The van der Waals surface area contributed by atoms with Crippen LogP contribution in [0.4, 0.5) is 0 Å². The Bertz CT molecular complexity index is 2260. The summed E-state index contributed by atoms with van der Waals surface area (Å²) in [6.45, 7) is 6.39. The Labute approximate surface area is 258 Å². The van der Waals surface area contributed by atoms with Crippen molar-refractivity contribution in [2.75, 3.05) is 0 Å². The summed E-state index contributed by atoms with van der Waals surface area (Å²) in [5.74, 6) is 0.908. The molecule has 0 bridgehead atoms. The van der Waals surface area contributed by atoms with E-state index in [1.807, 2.05) is 0 Å². The third-order valence-corrected chi connectivity index (χ3v) is 8.90. The molecule has 0 saturated heterocycles. The van der Waals surface area contributed by atoms with Crippen LogP contribution in [0, 0.1) is 20.8 Å². The van der Waals surface area contributed by atoms with Crippen LogP contribution in [0.5, 0.6) is 0 Å². The van der Waals surface area contributed by atoms with E-state index < -0.39 is 0 Å². The summed E-state index contributed by atoms with van der Waals surface area (Å²) < 4.78 is 6.80. The molecule has 0 spiro atoms. The van der Waals surface area contributed by atoms with Gasteiger partial charge in [0.05, 0.1) is 0 Å². The highest BCUT2D eigenvalue weighted by Crippen LogP contribution is 2.46. The zero-order valence-corrected chi connectivity index (χ0v) is 25.2. The second-order valence-electron chi connectivity index (χ2n) is 12.0. The lowest BCUT2D eigenvalue weighted by Gasteiger charge is -2.17. The maximum Gasteiger partial charge on any atom is 0.143 e. The monoisotopic (exact) mass is 564 g/mol. The predicted molar refractivity (Wildman–Crippen MR) is 187 cm³/mol. The lowest BCUT2D eigenvalue weighted by atomic mass is 9.85. The molecule has 0 unspecified atom stereocenters. The Morgan fingerprint density at radius 1 is 0.341 bits per heavy atom. The number of rotatable bonds is 4. The van der Waals surface area contributed by atoms with Crippen molar-refractivity contribution in [3.05, 3.63) is 156 Å². The molecule has 0 N–H and O–H groups in total. The molecule has 0 fully saturated rings.